The molecule has 0 aliphatic carbocycles. The molecule has 0 amide bonds. The van der Waals surface area contributed by atoms with Gasteiger partial charge in [0.2, 0.25) is 0 Å². The van der Waals surface area contributed by atoms with Crippen molar-refractivity contribution in [3.8, 4) is 5.69 Å². The second-order valence-corrected chi connectivity index (χ2v) is 5.24. The van der Waals surface area contributed by atoms with Gasteiger partial charge in [-0.1, -0.05) is 11.3 Å². The molecule has 1 N–H and O–H groups in total. The minimum Gasteiger partial charge on any atom is -0.478 e. The maximum Gasteiger partial charge on any atom is 0.337 e. The minimum atomic E-state index is -1.06. The second kappa shape index (κ2) is 4.82. The van der Waals surface area contributed by atoms with Crippen molar-refractivity contribution in [3.63, 3.8) is 0 Å². The fourth-order valence-electron chi connectivity index (χ4n) is 1.97. The largest absolute Gasteiger partial charge is 0.478 e. The number of fused-ring (bicyclic) bond motifs is 1. The van der Waals surface area contributed by atoms with E-state index in [2.05, 4.69) is 10.3 Å². The molecular weight excluding hydrogens is 376 g/mol. The van der Waals surface area contributed by atoms with E-state index in [9.17, 15) is 14.3 Å². The number of hydrogen-bond donors (Lipinski definition) is 1. The molecule has 20 heavy (non-hydrogen) atoms. The van der Waals surface area contributed by atoms with E-state index < -0.39 is 5.97 Å². The van der Waals surface area contributed by atoms with Crippen LogP contribution in [0.25, 0.3) is 16.7 Å². The van der Waals surface area contributed by atoms with Crippen LogP contribution >= 0.6 is 22.6 Å². The zero-order valence-corrected chi connectivity index (χ0v) is 12.1. The van der Waals surface area contributed by atoms with Crippen LogP contribution in [0.5, 0.6) is 0 Å². The Morgan fingerprint density at radius 3 is 2.80 bits per heavy atom. The fraction of sp³-hybridized carbons (Fsp3) is 0. The predicted octanol–water partition coefficient (Wildman–Crippen LogP) is 2.86. The molecule has 0 atom stereocenters. The maximum atomic E-state index is 13.2. The summed E-state index contributed by atoms with van der Waals surface area (Å²) >= 11 is 1.97. The Morgan fingerprint density at radius 2 is 2.10 bits per heavy atom. The number of para-hydroxylation sites is 1. The second-order valence-electron chi connectivity index (χ2n) is 4.08. The average molecular weight is 383 g/mol. The number of nitrogens with zero attached hydrogens (tertiary/aromatic N) is 3. The highest BCUT2D eigenvalue weighted by Crippen LogP contribution is 2.24. The zero-order valence-electron chi connectivity index (χ0n) is 9.92. The highest BCUT2D eigenvalue weighted by atomic mass is 127. The van der Waals surface area contributed by atoms with E-state index in [1.54, 1.807) is 18.2 Å². The zero-order chi connectivity index (χ0) is 14.3. The van der Waals surface area contributed by atoms with Crippen LogP contribution < -0.4 is 0 Å². The van der Waals surface area contributed by atoms with Gasteiger partial charge in [-0.25, -0.2) is 13.9 Å². The monoisotopic (exact) mass is 383 g/mol. The highest BCUT2D eigenvalue weighted by Gasteiger charge is 2.17. The molecule has 0 fully saturated rings. The number of hydrogen-bond acceptors (Lipinski definition) is 3. The van der Waals surface area contributed by atoms with Crippen LogP contribution in [0, 0.1) is 9.39 Å². The fourth-order valence-corrected chi connectivity index (χ4v) is 2.67. The van der Waals surface area contributed by atoms with Crippen LogP contribution in [-0.4, -0.2) is 26.1 Å². The van der Waals surface area contributed by atoms with Crippen molar-refractivity contribution in [1.82, 2.24) is 15.0 Å². The first-order valence-electron chi connectivity index (χ1n) is 5.61. The number of rotatable bonds is 2. The Bertz CT molecular complexity index is 832. The van der Waals surface area contributed by atoms with Gasteiger partial charge in [0, 0.05) is 3.57 Å². The molecule has 0 saturated carbocycles. The van der Waals surface area contributed by atoms with Crippen molar-refractivity contribution in [2.75, 3.05) is 0 Å². The summed E-state index contributed by atoms with van der Waals surface area (Å²) < 4.78 is 15.2. The molecule has 0 unspecified atom stereocenters. The van der Waals surface area contributed by atoms with Crippen LogP contribution in [0.2, 0.25) is 0 Å². The minimum absolute atomic E-state index is 0.104. The SMILES string of the molecule is O=C(O)c1cccc2nnn(-c3ccc(F)cc3I)c12. The van der Waals surface area contributed by atoms with Gasteiger partial charge in [-0.05, 0) is 52.9 Å². The molecule has 100 valence electrons. The van der Waals surface area contributed by atoms with Gasteiger partial charge < -0.3 is 5.11 Å². The van der Waals surface area contributed by atoms with E-state index in [-0.39, 0.29) is 11.4 Å². The number of aromatic nitrogens is 3. The molecule has 2 aromatic carbocycles. The van der Waals surface area contributed by atoms with Crippen LogP contribution in [0.3, 0.4) is 0 Å². The Labute approximate surface area is 126 Å². The lowest BCUT2D eigenvalue weighted by Crippen LogP contribution is -2.05. The Kier molecular flexibility index (Phi) is 3.13. The lowest BCUT2D eigenvalue weighted by molar-refractivity contribution is 0.0698. The van der Waals surface area contributed by atoms with Crippen molar-refractivity contribution in [2.24, 2.45) is 0 Å². The van der Waals surface area contributed by atoms with Crippen LogP contribution in [-0.2, 0) is 0 Å². The summed E-state index contributed by atoms with van der Waals surface area (Å²) in [4.78, 5) is 11.3. The first kappa shape index (κ1) is 13.0. The van der Waals surface area contributed by atoms with Gasteiger partial charge in [0.1, 0.15) is 16.9 Å². The summed E-state index contributed by atoms with van der Waals surface area (Å²) in [5, 5.41) is 17.2. The molecule has 0 aliphatic heterocycles. The Balaban J connectivity index is 2.34. The van der Waals surface area contributed by atoms with Gasteiger partial charge in [0.25, 0.3) is 0 Å². The summed E-state index contributed by atoms with van der Waals surface area (Å²) in [6.45, 7) is 0. The van der Waals surface area contributed by atoms with E-state index in [1.807, 2.05) is 22.6 Å². The summed E-state index contributed by atoms with van der Waals surface area (Å²) in [6, 6.07) is 8.98. The van der Waals surface area contributed by atoms with Gasteiger partial charge in [0.15, 0.2) is 0 Å². The Hall–Kier alpha value is -2.03. The lowest BCUT2D eigenvalue weighted by atomic mass is 10.2. The summed E-state index contributed by atoms with van der Waals surface area (Å²) in [7, 11) is 0. The normalized spacial score (nSPS) is 10.9. The van der Waals surface area contributed by atoms with Gasteiger partial charge in [0.05, 0.1) is 11.3 Å². The lowest BCUT2D eigenvalue weighted by Gasteiger charge is -2.06. The van der Waals surface area contributed by atoms with E-state index >= 15 is 0 Å². The smallest absolute Gasteiger partial charge is 0.337 e. The molecule has 5 nitrogen and oxygen atoms in total. The summed E-state index contributed by atoms with van der Waals surface area (Å²) in [5.74, 6) is -1.42. The third-order valence-corrected chi connectivity index (χ3v) is 3.70. The number of carboxylic acids is 1. The molecule has 0 saturated heterocycles. The van der Waals surface area contributed by atoms with Crippen molar-refractivity contribution in [1.29, 1.82) is 0 Å². The van der Waals surface area contributed by atoms with Gasteiger partial charge >= 0.3 is 5.97 Å². The van der Waals surface area contributed by atoms with Crippen LogP contribution in [0.15, 0.2) is 36.4 Å². The van der Waals surface area contributed by atoms with Gasteiger partial charge in [-0.2, -0.15) is 0 Å². The van der Waals surface area contributed by atoms with Crippen molar-refractivity contribution >= 4 is 39.6 Å². The standard InChI is InChI=1S/C13H7FIN3O2/c14-7-4-5-11(9(15)6-7)18-12-8(13(19)20)2-1-3-10(12)16-17-18/h1-6H,(H,19,20). The molecule has 0 bridgehead atoms. The quantitative estimate of drug-likeness (QED) is 0.692. The molecule has 0 spiro atoms. The first-order valence-corrected chi connectivity index (χ1v) is 6.69. The molecule has 3 aromatic rings. The van der Waals surface area contributed by atoms with Crippen LogP contribution in [0.4, 0.5) is 4.39 Å². The third-order valence-electron chi connectivity index (χ3n) is 2.84. The van der Waals surface area contributed by atoms with Gasteiger partial charge in [-0.3, -0.25) is 0 Å². The number of carboxylic acid groups (broad SMARTS) is 1. The average Bonchev–Trinajstić information content (AvgIpc) is 2.82. The molecule has 1 heterocycles. The summed E-state index contributed by atoms with van der Waals surface area (Å²) in [5.41, 5.74) is 1.56. The van der Waals surface area contributed by atoms with E-state index in [0.717, 1.165) is 0 Å². The van der Waals surface area contributed by atoms with Crippen molar-refractivity contribution in [2.45, 2.75) is 0 Å². The molecule has 1 aromatic heterocycles. The van der Waals surface area contributed by atoms with Crippen molar-refractivity contribution < 1.29 is 14.3 Å². The van der Waals surface area contributed by atoms with Crippen LogP contribution in [0.1, 0.15) is 10.4 Å². The Morgan fingerprint density at radius 1 is 1.30 bits per heavy atom. The predicted molar refractivity (Wildman–Crippen MR) is 78.5 cm³/mol. The van der Waals surface area contributed by atoms with E-state index in [0.29, 0.717) is 20.3 Å². The van der Waals surface area contributed by atoms with Gasteiger partial charge in [-0.15, -0.1) is 5.10 Å². The first-order chi connectivity index (χ1) is 9.58. The molecule has 0 radical (unpaired) electrons. The van der Waals surface area contributed by atoms with E-state index in [4.69, 9.17) is 0 Å². The molecule has 7 heteroatoms. The molecule has 0 aliphatic rings. The molecule has 3 rings (SSSR count). The van der Waals surface area contributed by atoms with Crippen molar-refractivity contribution in [3.05, 3.63) is 51.3 Å². The summed E-state index contributed by atoms with van der Waals surface area (Å²) in [6.07, 6.45) is 0. The van der Waals surface area contributed by atoms with E-state index in [1.165, 1.54) is 22.9 Å². The highest BCUT2D eigenvalue weighted by molar-refractivity contribution is 14.1. The topological polar surface area (TPSA) is 68.0 Å². The molecular formula is C13H7FIN3O2. The number of aromatic carboxylic acids is 1. The number of halogens is 2. The third kappa shape index (κ3) is 2.03. The maximum absolute atomic E-state index is 13.2. The number of benzene rings is 2. The number of carbonyl (C=O) groups is 1.